The van der Waals surface area contributed by atoms with Gasteiger partial charge in [-0.2, -0.15) is 0 Å². The van der Waals surface area contributed by atoms with Gasteiger partial charge in [-0.05, 0) is 37.6 Å². The van der Waals surface area contributed by atoms with E-state index in [2.05, 4.69) is 5.32 Å². The van der Waals surface area contributed by atoms with Crippen LogP contribution in [0.25, 0.3) is 0 Å². The topological polar surface area (TPSA) is 12.0 Å². The summed E-state index contributed by atoms with van der Waals surface area (Å²) < 4.78 is 26.4. The Morgan fingerprint density at radius 2 is 2.19 bits per heavy atom. The number of rotatable bonds is 1. The summed E-state index contributed by atoms with van der Waals surface area (Å²) in [5, 5.41) is 3.26. The lowest BCUT2D eigenvalue weighted by atomic mass is 9.83. The summed E-state index contributed by atoms with van der Waals surface area (Å²) in [6.45, 7) is 2.57. The molecule has 1 aromatic carbocycles. The zero-order chi connectivity index (χ0) is 10.9. The molecule has 0 radical (unpaired) electrons. The zero-order valence-electron chi connectivity index (χ0n) is 9.17. The van der Waals surface area contributed by atoms with Crippen molar-refractivity contribution < 1.29 is 8.78 Å². The third-order valence-electron chi connectivity index (χ3n) is 3.06. The maximum Gasteiger partial charge on any atom is 0.123 e. The van der Waals surface area contributed by atoms with Crippen LogP contribution < -0.4 is 5.32 Å². The van der Waals surface area contributed by atoms with Gasteiger partial charge in [-0.3, -0.25) is 0 Å². The van der Waals surface area contributed by atoms with Gasteiger partial charge in [-0.15, -0.1) is 12.4 Å². The number of halogens is 3. The molecule has 0 spiro atoms. The van der Waals surface area contributed by atoms with Crippen molar-refractivity contribution in [2.45, 2.75) is 31.5 Å². The first-order chi connectivity index (χ1) is 7.10. The van der Waals surface area contributed by atoms with E-state index in [1.165, 1.54) is 12.1 Å². The monoisotopic (exact) mass is 247 g/mol. The summed E-state index contributed by atoms with van der Waals surface area (Å²) in [5.41, 5.74) is 0.393. The van der Waals surface area contributed by atoms with E-state index in [-0.39, 0.29) is 18.2 Å². The fourth-order valence-electron chi connectivity index (χ4n) is 2.17. The van der Waals surface area contributed by atoms with E-state index in [0.717, 1.165) is 5.56 Å². The van der Waals surface area contributed by atoms with E-state index >= 15 is 0 Å². The molecule has 1 fully saturated rings. The third kappa shape index (κ3) is 2.71. The molecule has 0 bridgehead atoms. The fourth-order valence-corrected chi connectivity index (χ4v) is 2.17. The van der Waals surface area contributed by atoms with Crippen LogP contribution in [0.15, 0.2) is 24.3 Å². The lowest BCUT2D eigenvalue weighted by Gasteiger charge is -2.37. The summed E-state index contributed by atoms with van der Waals surface area (Å²) in [6.07, 6.45) is 0.168. The highest BCUT2D eigenvalue weighted by Crippen LogP contribution is 2.31. The molecule has 2 atom stereocenters. The van der Waals surface area contributed by atoms with E-state index in [4.69, 9.17) is 0 Å². The summed E-state index contributed by atoms with van der Waals surface area (Å²) in [6, 6.07) is 6.39. The van der Waals surface area contributed by atoms with Gasteiger partial charge in [0.15, 0.2) is 0 Å². The van der Waals surface area contributed by atoms with Crippen LogP contribution in [0.1, 0.15) is 25.3 Å². The van der Waals surface area contributed by atoms with E-state index in [0.29, 0.717) is 19.4 Å². The summed E-state index contributed by atoms with van der Waals surface area (Å²) >= 11 is 0. The second kappa shape index (κ2) is 5.11. The van der Waals surface area contributed by atoms with Crippen molar-refractivity contribution in [3.05, 3.63) is 35.6 Å². The average molecular weight is 248 g/mol. The van der Waals surface area contributed by atoms with Gasteiger partial charge in [-0.1, -0.05) is 12.1 Å². The van der Waals surface area contributed by atoms with Crippen LogP contribution in [0.3, 0.4) is 0 Å². The quantitative estimate of drug-likeness (QED) is 0.804. The lowest BCUT2D eigenvalue weighted by molar-refractivity contribution is 0.164. The standard InChI is InChI=1S/C12H15F2N.ClH/c1-12(8-11(14)5-6-15-12)9-3-2-4-10(13)7-9;/h2-4,7,11,15H,5-6,8H2,1H3;1H. The Balaban J connectivity index is 0.00000128. The molecule has 1 saturated heterocycles. The predicted molar refractivity (Wildman–Crippen MR) is 63.1 cm³/mol. The van der Waals surface area contributed by atoms with Crippen LogP contribution in [-0.2, 0) is 5.54 Å². The minimum atomic E-state index is -0.792. The summed E-state index contributed by atoms with van der Waals surface area (Å²) in [5.74, 6) is -0.267. The van der Waals surface area contributed by atoms with E-state index in [1.807, 2.05) is 13.0 Å². The van der Waals surface area contributed by atoms with E-state index in [9.17, 15) is 8.78 Å². The molecule has 0 saturated carbocycles. The molecular weight excluding hydrogens is 232 g/mol. The van der Waals surface area contributed by atoms with Crippen LogP contribution in [0.2, 0.25) is 0 Å². The highest BCUT2D eigenvalue weighted by Gasteiger charge is 2.33. The van der Waals surface area contributed by atoms with Crippen molar-refractivity contribution in [3.63, 3.8) is 0 Å². The van der Waals surface area contributed by atoms with Gasteiger partial charge >= 0.3 is 0 Å². The molecule has 1 nitrogen and oxygen atoms in total. The molecule has 0 amide bonds. The normalized spacial score (nSPS) is 29.6. The Morgan fingerprint density at radius 1 is 1.44 bits per heavy atom. The van der Waals surface area contributed by atoms with Gasteiger partial charge in [0.05, 0.1) is 0 Å². The SMILES string of the molecule is CC1(c2cccc(F)c2)CC(F)CCN1.Cl. The lowest BCUT2D eigenvalue weighted by Crippen LogP contribution is -2.47. The predicted octanol–water partition coefficient (Wildman–Crippen LogP) is 3.18. The molecule has 16 heavy (non-hydrogen) atoms. The highest BCUT2D eigenvalue weighted by molar-refractivity contribution is 5.85. The van der Waals surface area contributed by atoms with Crippen molar-refractivity contribution in [2.24, 2.45) is 0 Å². The zero-order valence-corrected chi connectivity index (χ0v) is 9.99. The molecule has 0 aliphatic carbocycles. The average Bonchev–Trinajstić information content (AvgIpc) is 2.17. The molecule has 0 aromatic heterocycles. The molecular formula is C12H16ClF2N. The van der Waals surface area contributed by atoms with Crippen LogP contribution in [0, 0.1) is 5.82 Å². The maximum absolute atomic E-state index is 13.3. The van der Waals surface area contributed by atoms with Crippen molar-refractivity contribution in [3.8, 4) is 0 Å². The Kier molecular flexibility index (Phi) is 4.28. The van der Waals surface area contributed by atoms with Crippen molar-refractivity contribution in [1.82, 2.24) is 5.32 Å². The summed E-state index contributed by atoms with van der Waals surface area (Å²) in [4.78, 5) is 0. The smallest absolute Gasteiger partial charge is 0.123 e. The molecule has 1 aliphatic heterocycles. The van der Waals surface area contributed by atoms with E-state index < -0.39 is 11.7 Å². The fraction of sp³-hybridized carbons (Fsp3) is 0.500. The van der Waals surface area contributed by atoms with E-state index in [1.54, 1.807) is 6.07 Å². The number of nitrogens with one attached hydrogen (secondary N) is 1. The first kappa shape index (κ1) is 13.4. The number of hydrogen-bond acceptors (Lipinski definition) is 1. The van der Waals surface area contributed by atoms with Gasteiger partial charge in [-0.25, -0.2) is 8.78 Å². The van der Waals surface area contributed by atoms with Crippen molar-refractivity contribution >= 4 is 12.4 Å². The first-order valence-corrected chi connectivity index (χ1v) is 5.25. The number of piperidine rings is 1. The molecule has 1 heterocycles. The van der Waals surface area contributed by atoms with Crippen LogP contribution in [0.4, 0.5) is 8.78 Å². The molecule has 1 N–H and O–H groups in total. The Morgan fingerprint density at radius 3 is 2.81 bits per heavy atom. The van der Waals surface area contributed by atoms with Gasteiger partial charge in [0.2, 0.25) is 0 Å². The number of alkyl halides is 1. The Bertz CT molecular complexity index is 359. The van der Waals surface area contributed by atoms with Crippen LogP contribution in [0.5, 0.6) is 0 Å². The second-order valence-corrected chi connectivity index (χ2v) is 4.36. The molecule has 1 aromatic rings. The number of hydrogen-bond donors (Lipinski definition) is 1. The molecule has 90 valence electrons. The van der Waals surface area contributed by atoms with Gasteiger partial charge in [0, 0.05) is 12.0 Å². The largest absolute Gasteiger partial charge is 0.307 e. The first-order valence-electron chi connectivity index (χ1n) is 5.25. The molecule has 1 aliphatic rings. The van der Waals surface area contributed by atoms with Gasteiger partial charge in [0.1, 0.15) is 12.0 Å². The molecule has 4 heteroatoms. The molecule has 2 rings (SSSR count). The highest BCUT2D eigenvalue weighted by atomic mass is 35.5. The third-order valence-corrected chi connectivity index (χ3v) is 3.06. The Labute approximate surface area is 101 Å². The van der Waals surface area contributed by atoms with Gasteiger partial charge < -0.3 is 5.32 Å². The molecule has 2 unspecified atom stereocenters. The maximum atomic E-state index is 13.3. The van der Waals surface area contributed by atoms with Crippen LogP contribution >= 0.6 is 12.4 Å². The van der Waals surface area contributed by atoms with Crippen molar-refractivity contribution in [2.75, 3.05) is 6.54 Å². The summed E-state index contributed by atoms with van der Waals surface area (Å²) in [7, 11) is 0. The van der Waals surface area contributed by atoms with Gasteiger partial charge in [0.25, 0.3) is 0 Å². The van der Waals surface area contributed by atoms with Crippen LogP contribution in [-0.4, -0.2) is 12.7 Å². The second-order valence-electron chi connectivity index (χ2n) is 4.36. The minimum Gasteiger partial charge on any atom is -0.307 e. The van der Waals surface area contributed by atoms with Crippen molar-refractivity contribution in [1.29, 1.82) is 0 Å². The Hall–Kier alpha value is -0.670. The number of benzene rings is 1. The minimum absolute atomic E-state index is 0.